The number of rotatable bonds is 6. The zero-order chi connectivity index (χ0) is 22.9. The second kappa shape index (κ2) is 9.63. The number of nitrogens with zero attached hydrogens (tertiary/aromatic N) is 4. The van der Waals surface area contributed by atoms with E-state index in [9.17, 15) is 9.35 Å². The van der Waals surface area contributed by atoms with Crippen LogP contribution in [0.15, 0.2) is 35.3 Å². The van der Waals surface area contributed by atoms with E-state index in [-0.39, 0.29) is 16.4 Å². The van der Waals surface area contributed by atoms with Crippen LogP contribution in [0, 0.1) is 0 Å². The molecule has 1 aliphatic heterocycles. The first-order valence-corrected chi connectivity index (χ1v) is 12.8. The van der Waals surface area contributed by atoms with Crippen molar-refractivity contribution in [3.8, 4) is 11.4 Å². The summed E-state index contributed by atoms with van der Waals surface area (Å²) in [6.45, 7) is 8.67. The third-order valence-corrected chi connectivity index (χ3v) is 8.13. The summed E-state index contributed by atoms with van der Waals surface area (Å²) in [5, 5.41) is 5.09. The fourth-order valence-corrected chi connectivity index (χ4v) is 5.72. The van der Waals surface area contributed by atoms with Crippen LogP contribution in [0.2, 0.25) is 5.02 Å². The highest BCUT2D eigenvalue weighted by Gasteiger charge is 2.35. The standard InChI is InChI=1S/C23H31ClN4O3S/c1-17(2)32(30)27-13-11-26(12-14-27)20-16-25-28(19-8-6-7-18(24)15-19)22(29)21(20)31-23(3)9-4-5-10-23/h6-8,15-17H,4-5,9-14H2,1-3H3. The van der Waals surface area contributed by atoms with E-state index >= 15 is 0 Å². The van der Waals surface area contributed by atoms with E-state index in [2.05, 4.69) is 16.9 Å². The molecule has 0 radical (unpaired) electrons. The van der Waals surface area contributed by atoms with E-state index in [1.807, 2.05) is 18.2 Å². The smallest absolute Gasteiger partial charge is 0.316 e. The number of ether oxygens (including phenoxy) is 1. The minimum absolute atomic E-state index is 0.0889. The summed E-state index contributed by atoms with van der Waals surface area (Å²) in [5.74, 6) is 0.336. The van der Waals surface area contributed by atoms with E-state index in [1.54, 1.807) is 30.5 Å². The zero-order valence-electron chi connectivity index (χ0n) is 18.9. The molecule has 9 heteroatoms. The predicted molar refractivity (Wildman–Crippen MR) is 129 cm³/mol. The molecule has 1 atom stereocenters. The second-order valence-corrected chi connectivity index (χ2v) is 11.5. The first kappa shape index (κ1) is 23.4. The molecular weight excluding hydrogens is 448 g/mol. The average molecular weight is 479 g/mol. The van der Waals surface area contributed by atoms with Gasteiger partial charge in [-0.2, -0.15) is 9.78 Å². The Labute approximate surface area is 197 Å². The molecule has 174 valence electrons. The Morgan fingerprint density at radius 3 is 2.50 bits per heavy atom. The summed E-state index contributed by atoms with van der Waals surface area (Å²) in [4.78, 5) is 15.7. The van der Waals surface area contributed by atoms with Gasteiger partial charge in [0, 0.05) is 29.5 Å². The number of piperazine rings is 1. The number of hydrogen-bond acceptors (Lipinski definition) is 6. The lowest BCUT2D eigenvalue weighted by Gasteiger charge is -2.37. The number of benzene rings is 1. The number of aromatic nitrogens is 2. The van der Waals surface area contributed by atoms with Gasteiger partial charge in [-0.25, -0.2) is 0 Å². The maximum absolute atomic E-state index is 13.6. The molecule has 1 aromatic heterocycles. The Morgan fingerprint density at radius 1 is 1.19 bits per heavy atom. The van der Waals surface area contributed by atoms with Crippen LogP contribution in [0.1, 0.15) is 46.5 Å². The van der Waals surface area contributed by atoms with E-state index in [4.69, 9.17) is 16.3 Å². The molecule has 0 bridgehead atoms. The Hall–Kier alpha value is -1.74. The fourth-order valence-electron chi connectivity index (χ4n) is 4.42. The highest BCUT2D eigenvalue weighted by atomic mass is 35.5. The average Bonchev–Trinajstić information content (AvgIpc) is 3.21. The normalized spacial score (nSPS) is 20.0. The molecule has 1 saturated carbocycles. The van der Waals surface area contributed by atoms with Crippen molar-refractivity contribution in [3.63, 3.8) is 0 Å². The van der Waals surface area contributed by atoms with Crippen molar-refractivity contribution in [1.82, 2.24) is 14.1 Å². The van der Waals surface area contributed by atoms with Gasteiger partial charge in [-0.1, -0.05) is 17.7 Å². The van der Waals surface area contributed by atoms with Crippen LogP contribution in [0.5, 0.6) is 5.75 Å². The van der Waals surface area contributed by atoms with Crippen LogP contribution in [0.4, 0.5) is 5.69 Å². The van der Waals surface area contributed by atoms with Crippen LogP contribution in [0.25, 0.3) is 5.69 Å². The molecule has 2 fully saturated rings. The largest absolute Gasteiger partial charge is 0.598 e. The fraction of sp³-hybridized carbons (Fsp3) is 0.565. The van der Waals surface area contributed by atoms with Crippen LogP contribution in [-0.4, -0.2) is 55.7 Å². The third-order valence-electron chi connectivity index (χ3n) is 6.21. The van der Waals surface area contributed by atoms with Crippen molar-refractivity contribution in [2.75, 3.05) is 31.1 Å². The zero-order valence-corrected chi connectivity index (χ0v) is 20.5. The molecule has 4 rings (SSSR count). The molecule has 0 N–H and O–H groups in total. The molecule has 0 spiro atoms. The summed E-state index contributed by atoms with van der Waals surface area (Å²) in [6, 6.07) is 7.09. The maximum atomic E-state index is 13.6. The van der Waals surface area contributed by atoms with Gasteiger partial charge < -0.3 is 14.2 Å². The highest BCUT2D eigenvalue weighted by Crippen LogP contribution is 2.36. The molecular formula is C23H31ClN4O3S. The van der Waals surface area contributed by atoms with Gasteiger partial charge in [-0.15, -0.1) is 4.31 Å². The minimum Gasteiger partial charge on any atom is -0.598 e. The molecule has 1 aromatic carbocycles. The highest BCUT2D eigenvalue weighted by molar-refractivity contribution is 7.89. The van der Waals surface area contributed by atoms with E-state index in [0.29, 0.717) is 48.3 Å². The van der Waals surface area contributed by atoms with Gasteiger partial charge in [0.05, 0.1) is 25.0 Å². The SMILES string of the molecule is CC(C)[S+]([O-])N1CCN(c2cnn(-c3cccc(Cl)c3)c(=O)c2OC2(C)CCCC2)CC1. The van der Waals surface area contributed by atoms with Gasteiger partial charge in [0.1, 0.15) is 16.5 Å². The minimum atomic E-state index is -0.999. The first-order valence-electron chi connectivity index (χ1n) is 11.3. The number of hydrogen-bond donors (Lipinski definition) is 0. The van der Waals surface area contributed by atoms with Crippen LogP contribution in [-0.2, 0) is 11.4 Å². The summed E-state index contributed by atoms with van der Waals surface area (Å²) >= 11 is 5.15. The lowest BCUT2D eigenvalue weighted by Crippen LogP contribution is -2.51. The van der Waals surface area contributed by atoms with Crippen molar-refractivity contribution in [3.05, 3.63) is 45.8 Å². The van der Waals surface area contributed by atoms with Crippen LogP contribution in [0.3, 0.4) is 0 Å². The van der Waals surface area contributed by atoms with E-state index < -0.39 is 11.4 Å². The van der Waals surface area contributed by atoms with Crippen molar-refractivity contribution in [1.29, 1.82) is 0 Å². The Bertz CT molecular complexity index is 1000. The van der Waals surface area contributed by atoms with Crippen molar-refractivity contribution in [2.45, 2.75) is 57.3 Å². The Kier molecular flexibility index (Phi) is 7.05. The molecule has 2 aliphatic rings. The number of halogens is 1. The lowest BCUT2D eigenvalue weighted by atomic mass is 10.1. The summed E-state index contributed by atoms with van der Waals surface area (Å²) in [6.07, 6.45) is 5.75. The molecule has 1 saturated heterocycles. The Morgan fingerprint density at radius 2 is 1.88 bits per heavy atom. The van der Waals surface area contributed by atoms with Gasteiger partial charge in [0.25, 0.3) is 0 Å². The topological polar surface area (TPSA) is 73.7 Å². The van der Waals surface area contributed by atoms with Gasteiger partial charge in [0.2, 0.25) is 5.75 Å². The molecule has 2 heterocycles. The first-order chi connectivity index (χ1) is 15.3. The van der Waals surface area contributed by atoms with Crippen molar-refractivity contribution >= 4 is 28.7 Å². The monoisotopic (exact) mass is 478 g/mol. The number of anilines is 1. The molecule has 0 amide bonds. The second-order valence-electron chi connectivity index (χ2n) is 9.06. The third kappa shape index (κ3) is 4.93. The summed E-state index contributed by atoms with van der Waals surface area (Å²) in [5.41, 5.74) is 0.664. The molecule has 2 aromatic rings. The maximum Gasteiger partial charge on any atom is 0.316 e. The van der Waals surface area contributed by atoms with Gasteiger partial charge in [-0.05, 0) is 64.7 Å². The van der Waals surface area contributed by atoms with Gasteiger partial charge in [0.15, 0.2) is 0 Å². The Balaban J connectivity index is 1.67. The van der Waals surface area contributed by atoms with E-state index in [0.717, 1.165) is 25.7 Å². The van der Waals surface area contributed by atoms with E-state index in [1.165, 1.54) is 4.68 Å². The molecule has 32 heavy (non-hydrogen) atoms. The van der Waals surface area contributed by atoms with Crippen molar-refractivity contribution < 1.29 is 9.29 Å². The summed E-state index contributed by atoms with van der Waals surface area (Å²) < 4.78 is 22.3. The summed E-state index contributed by atoms with van der Waals surface area (Å²) in [7, 11) is 0. The van der Waals surface area contributed by atoms with Gasteiger partial charge in [-0.3, -0.25) is 4.79 Å². The quantitative estimate of drug-likeness (QED) is 0.588. The van der Waals surface area contributed by atoms with Crippen LogP contribution >= 0.6 is 11.6 Å². The lowest BCUT2D eigenvalue weighted by molar-refractivity contribution is 0.0944. The van der Waals surface area contributed by atoms with Gasteiger partial charge >= 0.3 is 5.56 Å². The molecule has 1 unspecified atom stereocenters. The molecule has 7 nitrogen and oxygen atoms in total. The predicted octanol–water partition coefficient (Wildman–Crippen LogP) is 3.79. The van der Waals surface area contributed by atoms with Crippen LogP contribution < -0.4 is 15.2 Å². The van der Waals surface area contributed by atoms with Crippen molar-refractivity contribution in [2.24, 2.45) is 0 Å². The molecule has 1 aliphatic carbocycles.